The van der Waals surface area contributed by atoms with E-state index in [1.807, 2.05) is 0 Å². The summed E-state index contributed by atoms with van der Waals surface area (Å²) in [5.41, 5.74) is 0. The molecule has 0 aromatic carbocycles. The van der Waals surface area contributed by atoms with Crippen LogP contribution >= 0.6 is 0 Å². The van der Waals surface area contributed by atoms with Crippen LogP contribution in [0.3, 0.4) is 0 Å². The summed E-state index contributed by atoms with van der Waals surface area (Å²) < 4.78 is 0. The molecule has 21 heavy (non-hydrogen) atoms. The van der Waals surface area contributed by atoms with Crippen molar-refractivity contribution >= 4 is 0 Å². The van der Waals surface area contributed by atoms with E-state index in [0.29, 0.717) is 0 Å². The first-order valence-electron chi connectivity index (χ1n) is 9.63. The van der Waals surface area contributed by atoms with Crippen molar-refractivity contribution in [1.29, 1.82) is 0 Å². The molecule has 6 unspecified atom stereocenters. The Labute approximate surface area is 131 Å². The highest BCUT2D eigenvalue weighted by atomic mass is 15.2. The Morgan fingerprint density at radius 2 is 1.57 bits per heavy atom. The molecular formula is C19H34N2. The lowest BCUT2D eigenvalue weighted by Gasteiger charge is -2.29. The van der Waals surface area contributed by atoms with Crippen molar-refractivity contribution in [3.8, 4) is 0 Å². The third kappa shape index (κ3) is 2.79. The summed E-state index contributed by atoms with van der Waals surface area (Å²) in [5, 5.41) is 0. The average molecular weight is 290 g/mol. The van der Waals surface area contributed by atoms with Crippen molar-refractivity contribution in [1.82, 2.24) is 9.80 Å². The van der Waals surface area contributed by atoms with Crippen LogP contribution in [-0.2, 0) is 0 Å². The van der Waals surface area contributed by atoms with Crippen LogP contribution in [0, 0.1) is 29.6 Å². The third-order valence-electron chi connectivity index (χ3n) is 7.46. The van der Waals surface area contributed by atoms with E-state index >= 15 is 0 Å². The Kier molecular flexibility index (Phi) is 4.04. The van der Waals surface area contributed by atoms with Crippen molar-refractivity contribution in [2.24, 2.45) is 29.6 Å². The maximum Gasteiger partial charge on any atom is 0.00699 e. The van der Waals surface area contributed by atoms with Gasteiger partial charge in [-0.1, -0.05) is 12.8 Å². The van der Waals surface area contributed by atoms with Crippen molar-refractivity contribution < 1.29 is 0 Å². The number of fused-ring (bicyclic) bond motifs is 2. The Balaban J connectivity index is 1.33. The Hall–Kier alpha value is -0.0800. The van der Waals surface area contributed by atoms with Gasteiger partial charge in [-0.15, -0.1) is 0 Å². The number of nitrogens with zero attached hydrogens (tertiary/aromatic N) is 2. The maximum absolute atomic E-state index is 2.87. The summed E-state index contributed by atoms with van der Waals surface area (Å²) in [4.78, 5) is 5.45. The zero-order valence-corrected chi connectivity index (χ0v) is 14.1. The molecule has 0 amide bonds. The van der Waals surface area contributed by atoms with E-state index < -0.39 is 0 Å². The number of rotatable bonds is 3. The molecule has 2 heteroatoms. The fourth-order valence-corrected chi connectivity index (χ4v) is 6.28. The lowest BCUT2D eigenvalue weighted by atomic mass is 9.82. The van der Waals surface area contributed by atoms with Gasteiger partial charge in [-0.25, -0.2) is 0 Å². The van der Waals surface area contributed by atoms with E-state index in [0.717, 1.165) is 35.6 Å². The third-order valence-corrected chi connectivity index (χ3v) is 7.46. The average Bonchev–Trinajstić information content (AvgIpc) is 3.13. The molecule has 0 aromatic rings. The zero-order chi connectivity index (χ0) is 14.4. The summed E-state index contributed by atoms with van der Waals surface area (Å²) in [6.45, 7) is 8.14. The molecule has 4 aliphatic rings. The maximum atomic E-state index is 2.87. The molecule has 4 fully saturated rings. The van der Waals surface area contributed by atoms with Crippen molar-refractivity contribution in [3.05, 3.63) is 0 Å². The van der Waals surface area contributed by atoms with Gasteiger partial charge in [0.2, 0.25) is 0 Å². The molecule has 2 heterocycles. The van der Waals surface area contributed by atoms with Gasteiger partial charge in [0, 0.05) is 32.2 Å². The summed E-state index contributed by atoms with van der Waals surface area (Å²) in [6, 6.07) is 0.838. The van der Waals surface area contributed by atoms with Gasteiger partial charge in [0.1, 0.15) is 0 Å². The van der Waals surface area contributed by atoms with Gasteiger partial charge in [0.05, 0.1) is 0 Å². The van der Waals surface area contributed by atoms with Gasteiger partial charge in [0.15, 0.2) is 0 Å². The molecule has 0 aromatic heterocycles. The second kappa shape index (κ2) is 5.85. The minimum absolute atomic E-state index is 0.838. The van der Waals surface area contributed by atoms with Crippen molar-refractivity contribution in [2.75, 3.05) is 33.2 Å². The molecule has 6 atom stereocenters. The summed E-state index contributed by atoms with van der Waals surface area (Å²) >= 11 is 0. The Bertz CT molecular complexity index is 355. The Morgan fingerprint density at radius 3 is 2.29 bits per heavy atom. The smallest absolute Gasteiger partial charge is 0.00699 e. The molecule has 120 valence electrons. The first kappa shape index (κ1) is 14.5. The molecule has 2 aliphatic carbocycles. The first-order chi connectivity index (χ1) is 10.2. The monoisotopic (exact) mass is 290 g/mol. The summed E-state index contributed by atoms with van der Waals surface area (Å²) in [5.74, 6) is 5.19. The van der Waals surface area contributed by atoms with Crippen LogP contribution in [0.4, 0.5) is 0 Å². The molecule has 0 bridgehead atoms. The van der Waals surface area contributed by atoms with Crippen LogP contribution in [-0.4, -0.2) is 49.1 Å². The number of likely N-dealkylation sites (tertiary alicyclic amines) is 2. The number of hydrogen-bond donors (Lipinski definition) is 0. The van der Waals surface area contributed by atoms with E-state index in [1.165, 1.54) is 71.1 Å². The lowest BCUT2D eigenvalue weighted by molar-refractivity contribution is 0.190. The van der Waals surface area contributed by atoms with Crippen LogP contribution < -0.4 is 0 Å². The van der Waals surface area contributed by atoms with Gasteiger partial charge in [-0.3, -0.25) is 0 Å². The van der Waals surface area contributed by atoms with Gasteiger partial charge in [-0.2, -0.15) is 0 Å². The predicted octanol–water partition coefficient (Wildman–Crippen LogP) is 3.47. The lowest BCUT2D eigenvalue weighted by Crippen LogP contribution is -2.34. The minimum Gasteiger partial charge on any atom is -0.306 e. The molecule has 0 N–H and O–H groups in total. The van der Waals surface area contributed by atoms with Crippen LogP contribution in [0.1, 0.15) is 51.9 Å². The van der Waals surface area contributed by atoms with Crippen molar-refractivity contribution in [2.45, 2.75) is 57.9 Å². The minimum atomic E-state index is 0.838. The molecule has 2 nitrogen and oxygen atoms in total. The number of hydrogen-bond acceptors (Lipinski definition) is 2. The van der Waals surface area contributed by atoms with E-state index in [9.17, 15) is 0 Å². The van der Waals surface area contributed by atoms with Gasteiger partial charge < -0.3 is 9.80 Å². The topological polar surface area (TPSA) is 6.48 Å². The highest BCUT2D eigenvalue weighted by molar-refractivity contribution is 4.95. The fourth-order valence-electron chi connectivity index (χ4n) is 6.28. The second-order valence-electron chi connectivity index (χ2n) is 8.83. The fraction of sp³-hybridized carbons (Fsp3) is 1.00. The van der Waals surface area contributed by atoms with Crippen molar-refractivity contribution in [3.63, 3.8) is 0 Å². The molecule has 0 spiro atoms. The Morgan fingerprint density at radius 1 is 0.857 bits per heavy atom. The van der Waals surface area contributed by atoms with Crippen LogP contribution in [0.15, 0.2) is 0 Å². The van der Waals surface area contributed by atoms with E-state index in [2.05, 4.69) is 23.8 Å². The van der Waals surface area contributed by atoms with E-state index in [-0.39, 0.29) is 0 Å². The molecule has 2 saturated carbocycles. The quantitative estimate of drug-likeness (QED) is 0.785. The van der Waals surface area contributed by atoms with Crippen LogP contribution in [0.5, 0.6) is 0 Å². The van der Waals surface area contributed by atoms with E-state index in [4.69, 9.17) is 0 Å². The van der Waals surface area contributed by atoms with Crippen LogP contribution in [0.2, 0.25) is 0 Å². The highest BCUT2D eigenvalue weighted by Gasteiger charge is 2.43. The SMILES string of the molecule is CC(CC1CCC2CN(C)CC12)N1CC2CCCCC2C1. The van der Waals surface area contributed by atoms with Gasteiger partial charge in [-0.05, 0) is 75.7 Å². The molecule has 4 rings (SSSR count). The molecular weight excluding hydrogens is 256 g/mol. The molecule has 2 aliphatic heterocycles. The summed E-state index contributed by atoms with van der Waals surface area (Å²) in [6.07, 6.45) is 10.6. The van der Waals surface area contributed by atoms with Crippen LogP contribution in [0.25, 0.3) is 0 Å². The van der Waals surface area contributed by atoms with E-state index in [1.54, 1.807) is 0 Å². The van der Waals surface area contributed by atoms with Gasteiger partial charge in [0.25, 0.3) is 0 Å². The standard InChI is InChI=1S/C19H34N2/c1-14(21-11-16-5-3-4-6-17(16)12-21)9-15-7-8-18-10-20(2)13-19(15)18/h14-19H,3-13H2,1-2H3. The normalized spacial score (nSPS) is 45.7. The van der Waals surface area contributed by atoms with Gasteiger partial charge >= 0.3 is 0 Å². The summed E-state index contributed by atoms with van der Waals surface area (Å²) in [7, 11) is 2.32. The molecule has 0 radical (unpaired) electrons. The highest BCUT2D eigenvalue weighted by Crippen LogP contribution is 2.45. The largest absolute Gasteiger partial charge is 0.306 e. The zero-order valence-electron chi connectivity index (χ0n) is 14.1. The second-order valence-corrected chi connectivity index (χ2v) is 8.83. The first-order valence-corrected chi connectivity index (χ1v) is 9.63. The predicted molar refractivity (Wildman–Crippen MR) is 88.3 cm³/mol. The molecule has 2 saturated heterocycles.